The summed E-state index contributed by atoms with van der Waals surface area (Å²) in [6.45, 7) is 1.88. The number of rotatable bonds is 4. The molecule has 3 aromatic heterocycles. The summed E-state index contributed by atoms with van der Waals surface area (Å²) in [4.78, 5) is 8.74. The van der Waals surface area contributed by atoms with Crippen molar-refractivity contribution in [3.05, 3.63) is 83.1 Å². The van der Waals surface area contributed by atoms with E-state index in [0.29, 0.717) is 40.1 Å². The Morgan fingerprint density at radius 1 is 1.19 bits per heavy atom. The van der Waals surface area contributed by atoms with Crippen molar-refractivity contribution in [1.29, 1.82) is 5.26 Å². The van der Waals surface area contributed by atoms with Crippen LogP contribution in [0.4, 0.5) is 13.2 Å². The number of nitrogens with zero attached hydrogens (tertiary/aromatic N) is 5. The van der Waals surface area contributed by atoms with E-state index in [1.165, 1.54) is 16.9 Å². The lowest BCUT2D eigenvalue weighted by atomic mass is 10.0. The van der Waals surface area contributed by atoms with Crippen LogP contribution in [0.25, 0.3) is 16.6 Å². The maximum atomic E-state index is 13.0. The highest BCUT2D eigenvalue weighted by Crippen LogP contribution is 2.32. The van der Waals surface area contributed by atoms with Gasteiger partial charge in [0.05, 0.1) is 34.7 Å². The van der Waals surface area contributed by atoms with E-state index in [1.807, 2.05) is 19.1 Å². The molecule has 4 aromatic rings. The van der Waals surface area contributed by atoms with Gasteiger partial charge in [0.1, 0.15) is 11.8 Å². The molecule has 0 amide bonds. The Morgan fingerprint density at radius 3 is 2.69 bits per heavy atom. The fraction of sp³-hybridized carbons (Fsp3) is 0.182. The van der Waals surface area contributed by atoms with Crippen LogP contribution in [-0.2, 0) is 12.6 Å². The monoisotopic (exact) mass is 458 g/mol. The second-order valence-electron chi connectivity index (χ2n) is 7.12. The highest BCUT2D eigenvalue weighted by Gasteiger charge is 2.31. The van der Waals surface area contributed by atoms with Crippen molar-refractivity contribution >= 4 is 23.3 Å². The molecule has 3 heterocycles. The van der Waals surface area contributed by atoms with Gasteiger partial charge in [-0.15, -0.1) is 12.4 Å². The molecule has 0 fully saturated rings. The van der Waals surface area contributed by atoms with Gasteiger partial charge in [0.2, 0.25) is 0 Å². The molecule has 32 heavy (non-hydrogen) atoms. The fourth-order valence-electron chi connectivity index (χ4n) is 3.42. The van der Waals surface area contributed by atoms with E-state index < -0.39 is 17.8 Å². The Balaban J connectivity index is 0.00000289. The molecular weight excluding hydrogens is 441 g/mol. The molecule has 1 aromatic carbocycles. The van der Waals surface area contributed by atoms with Crippen molar-refractivity contribution in [3.63, 3.8) is 0 Å². The zero-order chi connectivity index (χ0) is 22.2. The number of alkyl halides is 3. The first kappa shape index (κ1) is 23.2. The molecule has 10 heteroatoms. The Kier molecular flexibility index (Phi) is 6.48. The van der Waals surface area contributed by atoms with Crippen molar-refractivity contribution in [2.45, 2.75) is 25.6 Å². The lowest BCUT2D eigenvalue weighted by Gasteiger charge is -2.17. The van der Waals surface area contributed by atoms with Crippen LogP contribution >= 0.6 is 12.4 Å². The highest BCUT2D eigenvalue weighted by atomic mass is 35.5. The van der Waals surface area contributed by atoms with Gasteiger partial charge in [-0.2, -0.15) is 23.5 Å². The molecule has 1 atom stereocenters. The number of nitriles is 1. The standard InChI is InChI=1S/C22H17F3N6.ClH/c1-13-4-6-16(11-26)30-18(13)10-17(27)21-20(3-2-8-28-21)31-19-7-5-15(22(23,24)25)9-14(19)12-29-31;/h2-9,12,17H,10,27H2,1H3;1H/t17-;/m0./s1. The molecule has 0 saturated heterocycles. The molecule has 0 bridgehead atoms. The average Bonchev–Trinajstić information content (AvgIpc) is 3.18. The second kappa shape index (κ2) is 8.94. The lowest BCUT2D eigenvalue weighted by Crippen LogP contribution is -2.19. The number of fused-ring (bicyclic) bond motifs is 1. The van der Waals surface area contributed by atoms with Gasteiger partial charge in [-0.25, -0.2) is 9.67 Å². The third-order valence-electron chi connectivity index (χ3n) is 5.02. The van der Waals surface area contributed by atoms with E-state index >= 15 is 0 Å². The summed E-state index contributed by atoms with van der Waals surface area (Å²) < 4.78 is 40.6. The molecule has 0 aliphatic carbocycles. The minimum Gasteiger partial charge on any atom is -0.322 e. The molecular formula is C22H18ClF3N6. The van der Waals surface area contributed by atoms with Crippen molar-refractivity contribution in [2.75, 3.05) is 0 Å². The van der Waals surface area contributed by atoms with Crippen molar-refractivity contribution in [3.8, 4) is 11.8 Å². The average molecular weight is 459 g/mol. The summed E-state index contributed by atoms with van der Waals surface area (Å²) in [5.74, 6) is 0. The molecule has 0 aliphatic rings. The zero-order valence-corrected chi connectivity index (χ0v) is 17.7. The van der Waals surface area contributed by atoms with Crippen LogP contribution in [-0.4, -0.2) is 19.7 Å². The van der Waals surface area contributed by atoms with Gasteiger partial charge in [0.25, 0.3) is 0 Å². The number of benzene rings is 1. The summed E-state index contributed by atoms with van der Waals surface area (Å²) in [5, 5.41) is 13.7. The quantitative estimate of drug-likeness (QED) is 0.479. The summed E-state index contributed by atoms with van der Waals surface area (Å²) in [5.41, 5.74) is 9.19. The molecule has 6 nitrogen and oxygen atoms in total. The zero-order valence-electron chi connectivity index (χ0n) is 16.8. The van der Waals surface area contributed by atoms with Gasteiger partial charge in [0, 0.05) is 23.7 Å². The van der Waals surface area contributed by atoms with Crippen LogP contribution in [0.2, 0.25) is 0 Å². The fourth-order valence-corrected chi connectivity index (χ4v) is 3.42. The van der Waals surface area contributed by atoms with Crippen LogP contribution in [0, 0.1) is 18.3 Å². The van der Waals surface area contributed by atoms with Gasteiger partial charge in [-0.3, -0.25) is 4.98 Å². The minimum absolute atomic E-state index is 0. The first-order chi connectivity index (χ1) is 14.8. The number of aromatic nitrogens is 4. The molecule has 0 unspecified atom stereocenters. The molecule has 2 N–H and O–H groups in total. The lowest BCUT2D eigenvalue weighted by molar-refractivity contribution is -0.137. The predicted octanol–water partition coefficient (Wildman–Crippen LogP) is 4.68. The Bertz CT molecular complexity index is 1310. The summed E-state index contributed by atoms with van der Waals surface area (Å²) >= 11 is 0. The van der Waals surface area contributed by atoms with E-state index in [-0.39, 0.29) is 12.4 Å². The van der Waals surface area contributed by atoms with E-state index in [1.54, 1.807) is 24.4 Å². The van der Waals surface area contributed by atoms with E-state index in [2.05, 4.69) is 15.1 Å². The number of hydrogen-bond donors (Lipinski definition) is 1. The van der Waals surface area contributed by atoms with Gasteiger partial charge in [-0.05, 0) is 48.9 Å². The van der Waals surface area contributed by atoms with Crippen LogP contribution < -0.4 is 5.73 Å². The summed E-state index contributed by atoms with van der Waals surface area (Å²) in [7, 11) is 0. The van der Waals surface area contributed by atoms with Crippen LogP contribution in [0.5, 0.6) is 0 Å². The van der Waals surface area contributed by atoms with Crippen LogP contribution in [0.15, 0.2) is 54.9 Å². The van der Waals surface area contributed by atoms with E-state index in [9.17, 15) is 13.2 Å². The molecule has 0 aliphatic heterocycles. The van der Waals surface area contributed by atoms with Crippen molar-refractivity contribution < 1.29 is 13.2 Å². The number of hydrogen-bond acceptors (Lipinski definition) is 5. The van der Waals surface area contributed by atoms with Gasteiger partial charge >= 0.3 is 6.18 Å². The molecule has 0 saturated carbocycles. The molecule has 0 radical (unpaired) electrons. The number of nitrogens with two attached hydrogens (primary N) is 1. The molecule has 164 valence electrons. The first-order valence-corrected chi connectivity index (χ1v) is 9.40. The van der Waals surface area contributed by atoms with E-state index in [0.717, 1.165) is 17.7 Å². The van der Waals surface area contributed by atoms with Gasteiger partial charge in [0.15, 0.2) is 0 Å². The third kappa shape index (κ3) is 4.42. The highest BCUT2D eigenvalue weighted by molar-refractivity contribution is 5.85. The maximum Gasteiger partial charge on any atom is 0.416 e. The largest absolute Gasteiger partial charge is 0.416 e. The molecule has 0 spiro atoms. The van der Waals surface area contributed by atoms with Gasteiger partial charge in [-0.1, -0.05) is 6.07 Å². The van der Waals surface area contributed by atoms with Gasteiger partial charge < -0.3 is 5.73 Å². The number of aryl methyl sites for hydroxylation is 1. The Hall–Kier alpha value is -3.48. The van der Waals surface area contributed by atoms with Crippen molar-refractivity contribution in [2.24, 2.45) is 5.73 Å². The third-order valence-corrected chi connectivity index (χ3v) is 5.02. The number of halogens is 4. The SMILES string of the molecule is Cc1ccc(C#N)nc1C[C@H](N)c1ncccc1-n1ncc2cc(C(F)(F)F)ccc21.Cl. The minimum atomic E-state index is -4.43. The van der Waals surface area contributed by atoms with Crippen molar-refractivity contribution in [1.82, 2.24) is 19.7 Å². The smallest absolute Gasteiger partial charge is 0.322 e. The van der Waals surface area contributed by atoms with Crippen LogP contribution in [0.3, 0.4) is 0 Å². The van der Waals surface area contributed by atoms with Crippen LogP contribution in [0.1, 0.15) is 34.3 Å². The van der Waals surface area contributed by atoms with E-state index in [4.69, 9.17) is 11.0 Å². The maximum absolute atomic E-state index is 13.0. The number of pyridine rings is 2. The first-order valence-electron chi connectivity index (χ1n) is 9.40. The normalized spacial score (nSPS) is 12.2. The Labute approximate surface area is 187 Å². The topological polar surface area (TPSA) is 93.4 Å². The molecule has 4 rings (SSSR count). The summed E-state index contributed by atoms with van der Waals surface area (Å²) in [6, 6.07) is 11.9. The Morgan fingerprint density at radius 2 is 1.97 bits per heavy atom. The second-order valence-corrected chi connectivity index (χ2v) is 7.12. The predicted molar refractivity (Wildman–Crippen MR) is 115 cm³/mol. The summed E-state index contributed by atoms with van der Waals surface area (Å²) in [6.07, 6.45) is -1.11.